The predicted molar refractivity (Wildman–Crippen MR) is 86.9 cm³/mol. The summed E-state index contributed by atoms with van der Waals surface area (Å²) in [5.74, 6) is -0.489. The molecule has 0 aliphatic rings. The largest absolute Gasteiger partial charge is 0.278 e. The molecular weight excluding hydrogens is 315 g/mol. The SMILES string of the molecule is O=S(=O)(Nc1cncc(-c2ccccc2)c1)c1ccc(F)cc1. The van der Waals surface area contributed by atoms with E-state index >= 15 is 0 Å². The van der Waals surface area contributed by atoms with Crippen LogP contribution in [-0.2, 0) is 10.0 Å². The molecule has 0 saturated heterocycles. The third-order valence-corrected chi connectivity index (χ3v) is 4.62. The van der Waals surface area contributed by atoms with Gasteiger partial charge in [0.25, 0.3) is 10.0 Å². The van der Waals surface area contributed by atoms with Crippen molar-refractivity contribution in [2.45, 2.75) is 4.90 Å². The quantitative estimate of drug-likeness (QED) is 0.794. The zero-order valence-corrected chi connectivity index (χ0v) is 12.8. The fourth-order valence-corrected chi connectivity index (χ4v) is 3.15. The summed E-state index contributed by atoms with van der Waals surface area (Å²) in [6.07, 6.45) is 3.08. The highest BCUT2D eigenvalue weighted by molar-refractivity contribution is 7.92. The maximum absolute atomic E-state index is 12.9. The molecule has 2 aromatic carbocycles. The van der Waals surface area contributed by atoms with Crippen molar-refractivity contribution in [1.29, 1.82) is 0 Å². The van der Waals surface area contributed by atoms with Gasteiger partial charge in [0.15, 0.2) is 0 Å². The van der Waals surface area contributed by atoms with E-state index in [2.05, 4.69) is 9.71 Å². The number of nitrogens with one attached hydrogen (secondary N) is 1. The summed E-state index contributed by atoms with van der Waals surface area (Å²) < 4.78 is 40.0. The first-order chi connectivity index (χ1) is 11.0. The number of benzene rings is 2. The number of hydrogen-bond acceptors (Lipinski definition) is 3. The summed E-state index contributed by atoms with van der Waals surface area (Å²) in [7, 11) is -3.79. The van der Waals surface area contributed by atoms with Gasteiger partial charge < -0.3 is 0 Å². The van der Waals surface area contributed by atoms with Crippen molar-refractivity contribution in [2.24, 2.45) is 0 Å². The topological polar surface area (TPSA) is 59.1 Å². The number of hydrogen-bond donors (Lipinski definition) is 1. The minimum Gasteiger partial charge on any atom is -0.278 e. The van der Waals surface area contributed by atoms with Gasteiger partial charge in [-0.15, -0.1) is 0 Å². The van der Waals surface area contributed by atoms with Crippen LogP contribution in [0.25, 0.3) is 11.1 Å². The summed E-state index contributed by atoms with van der Waals surface area (Å²) in [4.78, 5) is 4.06. The molecule has 0 unspecified atom stereocenters. The molecule has 0 saturated carbocycles. The smallest absolute Gasteiger partial charge is 0.261 e. The van der Waals surface area contributed by atoms with Gasteiger partial charge in [0.2, 0.25) is 0 Å². The van der Waals surface area contributed by atoms with Gasteiger partial charge in [-0.1, -0.05) is 30.3 Å². The van der Waals surface area contributed by atoms with Gasteiger partial charge in [0.05, 0.1) is 16.8 Å². The van der Waals surface area contributed by atoms with Crippen molar-refractivity contribution in [3.63, 3.8) is 0 Å². The maximum Gasteiger partial charge on any atom is 0.261 e. The second-order valence-corrected chi connectivity index (χ2v) is 6.57. The lowest BCUT2D eigenvalue weighted by Crippen LogP contribution is -2.13. The number of pyridine rings is 1. The Balaban J connectivity index is 1.90. The first kappa shape index (κ1) is 15.2. The van der Waals surface area contributed by atoms with E-state index in [4.69, 9.17) is 0 Å². The highest BCUT2D eigenvalue weighted by Gasteiger charge is 2.14. The van der Waals surface area contributed by atoms with E-state index < -0.39 is 15.8 Å². The number of sulfonamides is 1. The van der Waals surface area contributed by atoms with Crippen LogP contribution >= 0.6 is 0 Å². The normalized spacial score (nSPS) is 11.2. The van der Waals surface area contributed by atoms with Crippen LogP contribution in [0.5, 0.6) is 0 Å². The molecule has 6 heteroatoms. The molecule has 0 fully saturated rings. The van der Waals surface area contributed by atoms with Crippen molar-refractivity contribution in [3.8, 4) is 11.1 Å². The van der Waals surface area contributed by atoms with Gasteiger partial charge in [0.1, 0.15) is 5.82 Å². The molecule has 3 aromatic rings. The zero-order chi connectivity index (χ0) is 16.3. The summed E-state index contributed by atoms with van der Waals surface area (Å²) in [5, 5.41) is 0. The minimum absolute atomic E-state index is 0.0102. The van der Waals surface area contributed by atoms with Crippen molar-refractivity contribution in [2.75, 3.05) is 4.72 Å². The molecule has 1 heterocycles. The highest BCUT2D eigenvalue weighted by atomic mass is 32.2. The van der Waals surface area contributed by atoms with E-state index in [-0.39, 0.29) is 4.90 Å². The Bertz CT molecular complexity index is 911. The second kappa shape index (κ2) is 6.18. The van der Waals surface area contributed by atoms with Gasteiger partial charge in [-0.2, -0.15) is 0 Å². The minimum atomic E-state index is -3.79. The number of rotatable bonds is 4. The van der Waals surface area contributed by atoms with E-state index in [9.17, 15) is 12.8 Å². The first-order valence-electron chi connectivity index (χ1n) is 6.83. The monoisotopic (exact) mass is 328 g/mol. The molecule has 116 valence electrons. The third kappa shape index (κ3) is 3.54. The summed E-state index contributed by atoms with van der Waals surface area (Å²) in [5.41, 5.74) is 2.07. The van der Waals surface area contributed by atoms with Crippen LogP contribution in [0.1, 0.15) is 0 Å². The first-order valence-corrected chi connectivity index (χ1v) is 8.32. The highest BCUT2D eigenvalue weighted by Crippen LogP contribution is 2.23. The van der Waals surface area contributed by atoms with Gasteiger partial charge in [-0.3, -0.25) is 9.71 Å². The van der Waals surface area contributed by atoms with E-state index in [1.807, 2.05) is 30.3 Å². The fraction of sp³-hybridized carbons (Fsp3) is 0. The molecular formula is C17H13FN2O2S. The third-order valence-electron chi connectivity index (χ3n) is 3.22. The van der Waals surface area contributed by atoms with Gasteiger partial charge >= 0.3 is 0 Å². The molecule has 0 radical (unpaired) electrons. The fourth-order valence-electron chi connectivity index (χ4n) is 2.11. The molecule has 1 aromatic heterocycles. The van der Waals surface area contributed by atoms with Gasteiger partial charge in [-0.05, 0) is 35.9 Å². The van der Waals surface area contributed by atoms with E-state index in [1.54, 1.807) is 12.3 Å². The van der Waals surface area contributed by atoms with Crippen molar-refractivity contribution in [3.05, 3.63) is 78.9 Å². The second-order valence-electron chi connectivity index (χ2n) is 4.89. The van der Waals surface area contributed by atoms with E-state index in [0.29, 0.717) is 5.69 Å². The molecule has 0 aliphatic heterocycles. The Hall–Kier alpha value is -2.73. The molecule has 23 heavy (non-hydrogen) atoms. The summed E-state index contributed by atoms with van der Waals surface area (Å²) in [6, 6.07) is 15.8. The van der Waals surface area contributed by atoms with Crippen LogP contribution < -0.4 is 4.72 Å². The predicted octanol–water partition coefficient (Wildman–Crippen LogP) is 3.69. The number of halogens is 1. The van der Waals surface area contributed by atoms with Gasteiger partial charge in [-0.25, -0.2) is 12.8 Å². The molecule has 0 amide bonds. The molecule has 0 aliphatic carbocycles. The van der Waals surface area contributed by atoms with Crippen LogP contribution in [0, 0.1) is 5.82 Å². The van der Waals surface area contributed by atoms with Crippen LogP contribution in [-0.4, -0.2) is 13.4 Å². The lowest BCUT2D eigenvalue weighted by Gasteiger charge is -2.09. The standard InChI is InChI=1S/C17H13FN2O2S/c18-15-6-8-17(9-7-15)23(21,22)20-16-10-14(11-19-12-16)13-4-2-1-3-5-13/h1-12,20H. The lowest BCUT2D eigenvalue weighted by atomic mass is 10.1. The van der Waals surface area contributed by atoms with Crippen LogP contribution in [0.4, 0.5) is 10.1 Å². The summed E-state index contributed by atoms with van der Waals surface area (Å²) >= 11 is 0. The van der Waals surface area contributed by atoms with Crippen molar-refractivity contribution < 1.29 is 12.8 Å². The van der Waals surface area contributed by atoms with Crippen molar-refractivity contribution >= 4 is 15.7 Å². The molecule has 1 N–H and O–H groups in total. The number of nitrogens with zero attached hydrogens (tertiary/aromatic N) is 1. The Morgan fingerprint density at radius 3 is 2.26 bits per heavy atom. The van der Waals surface area contributed by atoms with Crippen LogP contribution in [0.15, 0.2) is 78.0 Å². The average Bonchev–Trinajstić information content (AvgIpc) is 2.56. The van der Waals surface area contributed by atoms with Crippen molar-refractivity contribution in [1.82, 2.24) is 4.98 Å². The maximum atomic E-state index is 12.9. The zero-order valence-electron chi connectivity index (χ0n) is 12.0. The lowest BCUT2D eigenvalue weighted by molar-refractivity contribution is 0.599. The molecule has 0 atom stereocenters. The summed E-state index contributed by atoms with van der Waals surface area (Å²) in [6.45, 7) is 0. The van der Waals surface area contributed by atoms with Gasteiger partial charge in [0, 0.05) is 11.8 Å². The Kier molecular flexibility index (Phi) is 4.08. The van der Waals surface area contributed by atoms with Crippen LogP contribution in [0.2, 0.25) is 0 Å². The molecule has 4 nitrogen and oxygen atoms in total. The van der Waals surface area contributed by atoms with E-state index in [0.717, 1.165) is 23.3 Å². The molecule has 0 bridgehead atoms. The number of anilines is 1. The Morgan fingerprint density at radius 1 is 0.870 bits per heavy atom. The number of aromatic nitrogens is 1. The molecule has 0 spiro atoms. The molecule has 3 rings (SSSR count). The van der Waals surface area contributed by atoms with E-state index in [1.165, 1.54) is 18.3 Å². The average molecular weight is 328 g/mol. The Morgan fingerprint density at radius 2 is 1.57 bits per heavy atom. The Labute approximate surface area is 133 Å². The van der Waals surface area contributed by atoms with Crippen LogP contribution in [0.3, 0.4) is 0 Å².